The minimum Gasteiger partial charge on any atom is -0.396 e. The Labute approximate surface area is 118 Å². The summed E-state index contributed by atoms with van der Waals surface area (Å²) >= 11 is 0. The quantitative estimate of drug-likeness (QED) is 0.662. The standard InChI is InChI=1S/C14H22FN3O2/c1-10(2)18(7-8-19)6-5-14(20)17-11-3-4-12(15)13(16)9-11/h3-4,9-10,19H,5-8,16H2,1-2H3,(H,17,20). The number of anilines is 2. The van der Waals surface area contributed by atoms with E-state index >= 15 is 0 Å². The zero-order valence-electron chi connectivity index (χ0n) is 11.9. The molecule has 0 aliphatic rings. The average Bonchev–Trinajstić information content (AvgIpc) is 2.38. The first-order valence-electron chi connectivity index (χ1n) is 6.63. The fourth-order valence-electron chi connectivity index (χ4n) is 1.85. The first-order valence-corrected chi connectivity index (χ1v) is 6.63. The molecule has 1 aromatic carbocycles. The number of benzene rings is 1. The number of hydrogen-bond acceptors (Lipinski definition) is 4. The number of nitrogens with two attached hydrogens (primary N) is 1. The minimum absolute atomic E-state index is 0.00638. The van der Waals surface area contributed by atoms with Crippen molar-refractivity contribution in [1.82, 2.24) is 4.90 Å². The lowest BCUT2D eigenvalue weighted by Gasteiger charge is -2.25. The van der Waals surface area contributed by atoms with Crippen molar-refractivity contribution >= 4 is 17.3 Å². The Bertz CT molecular complexity index is 452. The predicted molar refractivity (Wildman–Crippen MR) is 77.9 cm³/mol. The van der Waals surface area contributed by atoms with E-state index in [-0.39, 0.29) is 24.2 Å². The molecule has 20 heavy (non-hydrogen) atoms. The lowest BCUT2D eigenvalue weighted by Crippen LogP contribution is -2.35. The third kappa shape index (κ3) is 5.14. The molecule has 0 fully saturated rings. The van der Waals surface area contributed by atoms with Crippen LogP contribution in [0.3, 0.4) is 0 Å². The van der Waals surface area contributed by atoms with E-state index in [2.05, 4.69) is 5.32 Å². The van der Waals surface area contributed by atoms with Gasteiger partial charge in [-0.15, -0.1) is 0 Å². The van der Waals surface area contributed by atoms with E-state index in [1.807, 2.05) is 18.7 Å². The Hall–Kier alpha value is -1.66. The van der Waals surface area contributed by atoms with Crippen molar-refractivity contribution in [3.05, 3.63) is 24.0 Å². The van der Waals surface area contributed by atoms with Crippen LogP contribution in [-0.2, 0) is 4.79 Å². The highest BCUT2D eigenvalue weighted by atomic mass is 19.1. The van der Waals surface area contributed by atoms with Crippen LogP contribution in [0.25, 0.3) is 0 Å². The molecule has 0 atom stereocenters. The molecule has 1 amide bonds. The Balaban J connectivity index is 2.48. The van der Waals surface area contributed by atoms with Crippen LogP contribution in [0.5, 0.6) is 0 Å². The van der Waals surface area contributed by atoms with Crippen LogP contribution in [-0.4, -0.2) is 41.7 Å². The van der Waals surface area contributed by atoms with Gasteiger partial charge in [-0.1, -0.05) is 0 Å². The molecule has 0 spiro atoms. The van der Waals surface area contributed by atoms with Gasteiger partial charge < -0.3 is 16.2 Å². The maximum atomic E-state index is 13.0. The Morgan fingerprint density at radius 2 is 2.15 bits per heavy atom. The zero-order valence-corrected chi connectivity index (χ0v) is 11.9. The van der Waals surface area contributed by atoms with Gasteiger partial charge in [0.1, 0.15) is 5.82 Å². The summed E-state index contributed by atoms with van der Waals surface area (Å²) < 4.78 is 13.0. The summed E-state index contributed by atoms with van der Waals surface area (Å²) in [5.41, 5.74) is 5.92. The fraction of sp³-hybridized carbons (Fsp3) is 0.500. The van der Waals surface area contributed by atoms with Crippen LogP contribution in [0.15, 0.2) is 18.2 Å². The van der Waals surface area contributed by atoms with Gasteiger partial charge in [-0.2, -0.15) is 0 Å². The van der Waals surface area contributed by atoms with Gasteiger partial charge in [0.15, 0.2) is 0 Å². The van der Waals surface area contributed by atoms with Gasteiger partial charge in [-0.3, -0.25) is 9.69 Å². The number of carbonyl (C=O) groups is 1. The summed E-state index contributed by atoms with van der Waals surface area (Å²) in [6.45, 7) is 5.17. The summed E-state index contributed by atoms with van der Waals surface area (Å²) in [6.07, 6.45) is 0.301. The first kappa shape index (κ1) is 16.4. The third-order valence-electron chi connectivity index (χ3n) is 3.02. The van der Waals surface area contributed by atoms with Gasteiger partial charge in [0, 0.05) is 31.2 Å². The lowest BCUT2D eigenvalue weighted by atomic mass is 10.2. The lowest BCUT2D eigenvalue weighted by molar-refractivity contribution is -0.116. The number of halogens is 1. The van der Waals surface area contributed by atoms with E-state index in [4.69, 9.17) is 10.8 Å². The molecule has 112 valence electrons. The van der Waals surface area contributed by atoms with Gasteiger partial charge in [-0.05, 0) is 32.0 Å². The normalized spacial score (nSPS) is 11.1. The Morgan fingerprint density at radius 1 is 1.45 bits per heavy atom. The number of aliphatic hydroxyl groups excluding tert-OH is 1. The third-order valence-corrected chi connectivity index (χ3v) is 3.02. The van der Waals surface area contributed by atoms with Crippen LogP contribution in [0.2, 0.25) is 0 Å². The summed E-state index contributed by atoms with van der Waals surface area (Å²) in [7, 11) is 0. The minimum atomic E-state index is -0.503. The van der Waals surface area contributed by atoms with Gasteiger partial charge in [-0.25, -0.2) is 4.39 Å². The number of aliphatic hydroxyl groups is 1. The first-order chi connectivity index (χ1) is 9.43. The van der Waals surface area contributed by atoms with Gasteiger partial charge in [0.25, 0.3) is 0 Å². The van der Waals surface area contributed by atoms with Crippen molar-refractivity contribution in [3.8, 4) is 0 Å². The van der Waals surface area contributed by atoms with E-state index < -0.39 is 5.82 Å². The predicted octanol–water partition coefficient (Wildman–Crippen LogP) is 1.44. The molecule has 1 rings (SSSR count). The second-order valence-electron chi connectivity index (χ2n) is 4.89. The molecule has 4 N–H and O–H groups in total. The van der Waals surface area contributed by atoms with E-state index in [1.165, 1.54) is 18.2 Å². The monoisotopic (exact) mass is 283 g/mol. The summed E-state index contributed by atoms with van der Waals surface area (Å²) in [6, 6.07) is 4.34. The van der Waals surface area contributed by atoms with Crippen molar-refractivity contribution in [3.63, 3.8) is 0 Å². The molecule has 1 aromatic rings. The molecule has 6 heteroatoms. The maximum Gasteiger partial charge on any atom is 0.225 e. The van der Waals surface area contributed by atoms with Crippen molar-refractivity contribution in [2.45, 2.75) is 26.3 Å². The van der Waals surface area contributed by atoms with E-state index in [0.29, 0.717) is 25.2 Å². The van der Waals surface area contributed by atoms with Crippen LogP contribution < -0.4 is 11.1 Å². The number of nitrogens with zero attached hydrogens (tertiary/aromatic N) is 1. The largest absolute Gasteiger partial charge is 0.396 e. The topological polar surface area (TPSA) is 78.6 Å². The molecule has 0 aromatic heterocycles. The number of carbonyl (C=O) groups excluding carboxylic acids is 1. The van der Waals surface area contributed by atoms with E-state index in [9.17, 15) is 9.18 Å². The number of amides is 1. The van der Waals surface area contributed by atoms with Gasteiger partial charge in [0.2, 0.25) is 5.91 Å². The van der Waals surface area contributed by atoms with Crippen LogP contribution >= 0.6 is 0 Å². The molecule has 0 bridgehead atoms. The number of rotatable bonds is 7. The molecular weight excluding hydrogens is 261 g/mol. The van der Waals surface area contributed by atoms with Crippen molar-refractivity contribution in [2.75, 3.05) is 30.7 Å². The summed E-state index contributed by atoms with van der Waals surface area (Å²) in [5, 5.41) is 11.6. The Morgan fingerprint density at radius 3 is 2.70 bits per heavy atom. The highest BCUT2D eigenvalue weighted by Crippen LogP contribution is 2.16. The van der Waals surface area contributed by atoms with Gasteiger partial charge >= 0.3 is 0 Å². The van der Waals surface area contributed by atoms with Crippen LogP contribution in [0.4, 0.5) is 15.8 Å². The smallest absolute Gasteiger partial charge is 0.225 e. The fourth-order valence-corrected chi connectivity index (χ4v) is 1.85. The molecule has 0 aliphatic carbocycles. The van der Waals surface area contributed by atoms with E-state index in [0.717, 1.165) is 0 Å². The number of hydrogen-bond donors (Lipinski definition) is 3. The number of nitrogens with one attached hydrogen (secondary N) is 1. The second kappa shape index (κ2) is 7.81. The molecule has 5 nitrogen and oxygen atoms in total. The second-order valence-corrected chi connectivity index (χ2v) is 4.89. The molecular formula is C14H22FN3O2. The molecule has 0 heterocycles. The maximum absolute atomic E-state index is 13.0. The highest BCUT2D eigenvalue weighted by Gasteiger charge is 2.11. The molecule has 0 radical (unpaired) electrons. The summed E-state index contributed by atoms with van der Waals surface area (Å²) in [5.74, 6) is -0.670. The average molecular weight is 283 g/mol. The highest BCUT2D eigenvalue weighted by molar-refractivity contribution is 5.91. The SMILES string of the molecule is CC(C)N(CCO)CCC(=O)Nc1ccc(F)c(N)c1. The van der Waals surface area contributed by atoms with Crippen molar-refractivity contribution < 1.29 is 14.3 Å². The Kier molecular flexibility index (Phi) is 6.41. The number of nitrogen functional groups attached to an aromatic ring is 1. The zero-order chi connectivity index (χ0) is 15.1. The van der Waals surface area contributed by atoms with Crippen LogP contribution in [0, 0.1) is 5.82 Å². The molecule has 0 aliphatic heterocycles. The van der Waals surface area contributed by atoms with Gasteiger partial charge in [0.05, 0.1) is 12.3 Å². The summed E-state index contributed by atoms with van der Waals surface area (Å²) in [4.78, 5) is 13.8. The molecule has 0 saturated carbocycles. The molecule has 0 unspecified atom stereocenters. The molecule has 0 saturated heterocycles. The van der Waals surface area contributed by atoms with Crippen molar-refractivity contribution in [2.24, 2.45) is 0 Å². The van der Waals surface area contributed by atoms with Crippen molar-refractivity contribution in [1.29, 1.82) is 0 Å². The van der Waals surface area contributed by atoms with Crippen LogP contribution in [0.1, 0.15) is 20.3 Å². The van der Waals surface area contributed by atoms with E-state index in [1.54, 1.807) is 0 Å².